The van der Waals surface area contributed by atoms with Gasteiger partial charge in [-0.1, -0.05) is 0 Å². The summed E-state index contributed by atoms with van der Waals surface area (Å²) in [5, 5.41) is 1.03. The maximum atomic E-state index is 12.3. The Morgan fingerprint density at radius 3 is 2.65 bits per heavy atom. The normalized spacial score (nSPS) is 10.6. The van der Waals surface area contributed by atoms with E-state index in [4.69, 9.17) is 0 Å². The van der Waals surface area contributed by atoms with Crippen molar-refractivity contribution < 1.29 is 14.3 Å². The smallest absolute Gasteiger partial charge is 0.325 e. The molecule has 5 nitrogen and oxygen atoms in total. The number of carbonyl (C=O) groups is 2. The molecule has 0 spiro atoms. The highest BCUT2D eigenvalue weighted by Gasteiger charge is 2.16. The Hall–Kier alpha value is -2.30. The van der Waals surface area contributed by atoms with Gasteiger partial charge in [-0.2, -0.15) is 0 Å². The molecule has 0 radical (unpaired) electrons. The van der Waals surface area contributed by atoms with E-state index in [-0.39, 0.29) is 12.5 Å². The minimum atomic E-state index is -0.435. The molecule has 0 saturated carbocycles. The van der Waals surface area contributed by atoms with Crippen LogP contribution in [0.1, 0.15) is 21.6 Å². The molecular formula is C15H18N2O3. The number of aryl methyl sites for hydroxylation is 2. The number of likely N-dealkylation sites (N-methyl/N-ethyl adjacent to an activating group) is 1. The standard InChI is InChI=1S/C15H18N2O3/c1-9-10(2)16-13-6-5-11(7-12(9)13)15(19)17(3)8-14(18)20-4/h5-7,16H,8H2,1-4H3. The molecule has 0 aliphatic rings. The number of esters is 1. The summed E-state index contributed by atoms with van der Waals surface area (Å²) in [5.41, 5.74) is 3.79. The lowest BCUT2D eigenvalue weighted by atomic mass is 10.1. The highest BCUT2D eigenvalue weighted by Crippen LogP contribution is 2.22. The maximum absolute atomic E-state index is 12.3. The molecule has 2 aromatic rings. The Morgan fingerprint density at radius 2 is 2.00 bits per heavy atom. The number of amides is 1. The number of carbonyl (C=O) groups excluding carboxylic acids is 2. The van der Waals surface area contributed by atoms with Crippen LogP contribution in [0.2, 0.25) is 0 Å². The first-order valence-corrected chi connectivity index (χ1v) is 6.35. The van der Waals surface area contributed by atoms with Crippen LogP contribution in [0.25, 0.3) is 10.9 Å². The summed E-state index contributed by atoms with van der Waals surface area (Å²) in [5.74, 6) is -0.633. The van der Waals surface area contributed by atoms with Crippen LogP contribution in [0.3, 0.4) is 0 Å². The van der Waals surface area contributed by atoms with E-state index in [1.165, 1.54) is 12.0 Å². The lowest BCUT2D eigenvalue weighted by Gasteiger charge is -2.15. The summed E-state index contributed by atoms with van der Waals surface area (Å²) in [7, 11) is 2.89. The summed E-state index contributed by atoms with van der Waals surface area (Å²) in [6, 6.07) is 5.49. The quantitative estimate of drug-likeness (QED) is 0.871. The third-order valence-corrected chi connectivity index (χ3v) is 3.50. The molecule has 1 amide bonds. The number of benzene rings is 1. The van der Waals surface area contributed by atoms with Crippen molar-refractivity contribution in [3.8, 4) is 0 Å². The lowest BCUT2D eigenvalue weighted by Crippen LogP contribution is -2.32. The second kappa shape index (κ2) is 5.36. The second-order valence-electron chi connectivity index (χ2n) is 4.87. The summed E-state index contributed by atoms with van der Waals surface area (Å²) in [6.07, 6.45) is 0. The highest BCUT2D eigenvalue weighted by atomic mass is 16.5. The first kappa shape index (κ1) is 14.1. The fourth-order valence-electron chi connectivity index (χ4n) is 2.14. The van der Waals surface area contributed by atoms with Crippen molar-refractivity contribution in [2.45, 2.75) is 13.8 Å². The topological polar surface area (TPSA) is 62.4 Å². The number of hydrogen-bond donors (Lipinski definition) is 1. The Balaban J connectivity index is 2.30. The Kier molecular flexibility index (Phi) is 3.79. The zero-order valence-electron chi connectivity index (χ0n) is 12.1. The molecule has 106 valence electrons. The van der Waals surface area contributed by atoms with Crippen molar-refractivity contribution in [3.05, 3.63) is 35.0 Å². The third kappa shape index (κ3) is 2.52. The predicted octanol–water partition coefficient (Wildman–Crippen LogP) is 2.03. The number of aromatic nitrogens is 1. The summed E-state index contributed by atoms with van der Waals surface area (Å²) in [6.45, 7) is 3.96. The number of hydrogen-bond acceptors (Lipinski definition) is 3. The van der Waals surface area contributed by atoms with Gasteiger partial charge in [0.15, 0.2) is 0 Å². The molecule has 1 N–H and O–H groups in total. The van der Waals surface area contributed by atoms with Gasteiger partial charge in [0.05, 0.1) is 7.11 Å². The second-order valence-corrected chi connectivity index (χ2v) is 4.87. The largest absolute Gasteiger partial charge is 0.468 e. The maximum Gasteiger partial charge on any atom is 0.325 e. The molecule has 0 bridgehead atoms. The van der Waals surface area contributed by atoms with Gasteiger partial charge in [0, 0.05) is 29.2 Å². The van der Waals surface area contributed by atoms with Crippen LogP contribution in [-0.2, 0) is 9.53 Å². The van der Waals surface area contributed by atoms with E-state index in [1.54, 1.807) is 13.1 Å². The minimum absolute atomic E-state index is 0.0570. The fourth-order valence-corrected chi connectivity index (χ4v) is 2.14. The average Bonchev–Trinajstić information content (AvgIpc) is 2.72. The number of aromatic amines is 1. The molecular weight excluding hydrogens is 256 g/mol. The first-order valence-electron chi connectivity index (χ1n) is 6.35. The summed E-state index contributed by atoms with van der Waals surface area (Å²) >= 11 is 0. The number of rotatable bonds is 3. The van der Waals surface area contributed by atoms with E-state index in [1.807, 2.05) is 26.0 Å². The molecule has 0 aliphatic carbocycles. The Labute approximate surface area is 117 Å². The van der Waals surface area contributed by atoms with E-state index in [2.05, 4.69) is 9.72 Å². The highest BCUT2D eigenvalue weighted by molar-refractivity contribution is 5.99. The van der Waals surface area contributed by atoms with Gasteiger partial charge in [0.2, 0.25) is 0 Å². The van der Waals surface area contributed by atoms with Crippen LogP contribution in [0.15, 0.2) is 18.2 Å². The molecule has 0 unspecified atom stereocenters. The zero-order chi connectivity index (χ0) is 14.9. The van der Waals surface area contributed by atoms with Gasteiger partial charge in [-0.15, -0.1) is 0 Å². The van der Waals surface area contributed by atoms with Crippen LogP contribution in [0, 0.1) is 13.8 Å². The van der Waals surface area contributed by atoms with Crippen molar-refractivity contribution in [2.24, 2.45) is 0 Å². The van der Waals surface area contributed by atoms with Crippen molar-refractivity contribution >= 4 is 22.8 Å². The third-order valence-electron chi connectivity index (χ3n) is 3.50. The monoisotopic (exact) mass is 274 g/mol. The predicted molar refractivity (Wildman–Crippen MR) is 76.7 cm³/mol. The van der Waals surface area contributed by atoms with Gasteiger partial charge < -0.3 is 14.6 Å². The van der Waals surface area contributed by atoms with Crippen molar-refractivity contribution in [2.75, 3.05) is 20.7 Å². The molecule has 20 heavy (non-hydrogen) atoms. The summed E-state index contributed by atoms with van der Waals surface area (Å²) < 4.78 is 4.56. The number of nitrogens with zero attached hydrogens (tertiary/aromatic N) is 1. The zero-order valence-corrected chi connectivity index (χ0v) is 12.1. The van der Waals surface area contributed by atoms with Gasteiger partial charge in [-0.05, 0) is 37.6 Å². The lowest BCUT2D eigenvalue weighted by molar-refractivity contribution is -0.141. The number of ether oxygens (including phenoxy) is 1. The number of nitrogens with one attached hydrogen (secondary N) is 1. The van der Waals surface area contributed by atoms with E-state index < -0.39 is 5.97 Å². The van der Waals surface area contributed by atoms with Crippen LogP contribution in [-0.4, -0.2) is 42.5 Å². The number of H-pyrrole nitrogens is 1. The minimum Gasteiger partial charge on any atom is -0.468 e. The van der Waals surface area contributed by atoms with Crippen molar-refractivity contribution in [1.29, 1.82) is 0 Å². The average molecular weight is 274 g/mol. The van der Waals surface area contributed by atoms with Gasteiger partial charge in [-0.3, -0.25) is 9.59 Å². The SMILES string of the molecule is COC(=O)CN(C)C(=O)c1ccc2[nH]c(C)c(C)c2c1. The molecule has 0 atom stereocenters. The van der Waals surface area contributed by atoms with Gasteiger partial charge in [-0.25, -0.2) is 0 Å². The van der Waals surface area contributed by atoms with E-state index in [0.29, 0.717) is 5.56 Å². The van der Waals surface area contributed by atoms with E-state index >= 15 is 0 Å². The molecule has 1 heterocycles. The van der Waals surface area contributed by atoms with Crippen LogP contribution < -0.4 is 0 Å². The van der Waals surface area contributed by atoms with Gasteiger partial charge >= 0.3 is 5.97 Å². The van der Waals surface area contributed by atoms with Crippen LogP contribution in [0.4, 0.5) is 0 Å². The van der Waals surface area contributed by atoms with E-state index in [9.17, 15) is 9.59 Å². The van der Waals surface area contributed by atoms with Gasteiger partial charge in [0.1, 0.15) is 6.54 Å². The number of methoxy groups -OCH3 is 1. The number of fused-ring (bicyclic) bond motifs is 1. The molecule has 0 aliphatic heterocycles. The molecule has 5 heteroatoms. The molecule has 2 rings (SSSR count). The molecule has 1 aromatic carbocycles. The summed E-state index contributed by atoms with van der Waals surface area (Å²) in [4.78, 5) is 28.1. The molecule has 0 fully saturated rings. The van der Waals surface area contributed by atoms with Crippen LogP contribution >= 0.6 is 0 Å². The Bertz CT molecular complexity index is 673. The first-order chi connectivity index (χ1) is 9.43. The molecule has 1 aromatic heterocycles. The van der Waals surface area contributed by atoms with E-state index in [0.717, 1.165) is 22.2 Å². The van der Waals surface area contributed by atoms with Crippen molar-refractivity contribution in [3.63, 3.8) is 0 Å². The van der Waals surface area contributed by atoms with Crippen molar-refractivity contribution in [1.82, 2.24) is 9.88 Å². The fraction of sp³-hybridized carbons (Fsp3) is 0.333. The Morgan fingerprint density at radius 1 is 1.30 bits per heavy atom. The molecule has 0 saturated heterocycles. The van der Waals surface area contributed by atoms with Crippen LogP contribution in [0.5, 0.6) is 0 Å². The van der Waals surface area contributed by atoms with Gasteiger partial charge in [0.25, 0.3) is 5.91 Å².